The normalized spacial score (nSPS) is 10.7. The van der Waals surface area contributed by atoms with Gasteiger partial charge in [0.2, 0.25) is 0 Å². The van der Waals surface area contributed by atoms with Gasteiger partial charge in [0.05, 0.1) is 0 Å². The minimum absolute atomic E-state index is 0.854. The highest BCUT2D eigenvalue weighted by Gasteiger charge is 1.99. The van der Waals surface area contributed by atoms with Gasteiger partial charge in [0, 0.05) is 17.9 Å². The molecule has 1 aromatic carbocycles. The van der Waals surface area contributed by atoms with E-state index < -0.39 is 0 Å². The lowest BCUT2D eigenvalue weighted by atomic mass is 10.1. The van der Waals surface area contributed by atoms with Crippen LogP contribution in [0.2, 0.25) is 0 Å². The van der Waals surface area contributed by atoms with Gasteiger partial charge in [-0.15, -0.1) is 0 Å². The molecular formula is C12H21N3. The molecule has 0 aliphatic carbocycles. The summed E-state index contributed by atoms with van der Waals surface area (Å²) in [6, 6.07) is 5.98. The monoisotopic (exact) mass is 207 g/mol. The van der Waals surface area contributed by atoms with Gasteiger partial charge in [0.15, 0.2) is 0 Å². The molecule has 3 nitrogen and oxygen atoms in total. The molecule has 0 aliphatic heterocycles. The second-order valence-corrected chi connectivity index (χ2v) is 4.10. The molecule has 0 saturated heterocycles. The molecule has 1 rings (SSSR count). The predicted octanol–water partition coefficient (Wildman–Crippen LogP) is 1.94. The highest BCUT2D eigenvalue weighted by atomic mass is 15.1. The maximum atomic E-state index is 5.82. The third-order valence-corrected chi connectivity index (χ3v) is 2.47. The van der Waals surface area contributed by atoms with Gasteiger partial charge in [-0.05, 0) is 51.7 Å². The van der Waals surface area contributed by atoms with Crippen LogP contribution in [0.15, 0.2) is 18.2 Å². The fourth-order valence-corrected chi connectivity index (χ4v) is 1.46. The summed E-state index contributed by atoms with van der Waals surface area (Å²) < 4.78 is 0. The number of hydrogen-bond acceptors (Lipinski definition) is 3. The Bertz CT molecular complexity index is 308. The molecule has 0 saturated carbocycles. The van der Waals surface area contributed by atoms with E-state index in [0.717, 1.165) is 36.4 Å². The molecule has 0 unspecified atom stereocenters. The van der Waals surface area contributed by atoms with Crippen LogP contribution >= 0.6 is 0 Å². The van der Waals surface area contributed by atoms with Crippen LogP contribution in [0.25, 0.3) is 0 Å². The standard InChI is InChI=1S/C12H21N3/c1-10-11(13)6-4-7-12(10)14-8-5-9-15(2)3/h4,6-7,14H,5,8-9,13H2,1-3H3. The van der Waals surface area contributed by atoms with Crippen molar-refractivity contribution in [2.75, 3.05) is 38.2 Å². The Morgan fingerprint density at radius 2 is 2.07 bits per heavy atom. The number of nitrogens with two attached hydrogens (primary N) is 1. The molecule has 0 radical (unpaired) electrons. The van der Waals surface area contributed by atoms with Crippen molar-refractivity contribution >= 4 is 11.4 Å². The first-order chi connectivity index (χ1) is 7.11. The molecule has 0 bridgehead atoms. The van der Waals surface area contributed by atoms with Crippen LogP contribution in [-0.4, -0.2) is 32.1 Å². The lowest BCUT2D eigenvalue weighted by molar-refractivity contribution is 0.405. The van der Waals surface area contributed by atoms with Crippen molar-refractivity contribution in [2.24, 2.45) is 0 Å². The maximum Gasteiger partial charge on any atom is 0.0390 e. The molecule has 84 valence electrons. The van der Waals surface area contributed by atoms with Crippen LogP contribution in [-0.2, 0) is 0 Å². The minimum Gasteiger partial charge on any atom is -0.398 e. The summed E-state index contributed by atoms with van der Waals surface area (Å²) in [5.74, 6) is 0. The number of hydrogen-bond donors (Lipinski definition) is 2. The summed E-state index contributed by atoms with van der Waals surface area (Å²) in [6.07, 6.45) is 1.14. The third kappa shape index (κ3) is 3.80. The van der Waals surface area contributed by atoms with Crippen molar-refractivity contribution in [2.45, 2.75) is 13.3 Å². The average molecular weight is 207 g/mol. The van der Waals surface area contributed by atoms with Crippen molar-refractivity contribution in [3.63, 3.8) is 0 Å². The Kier molecular flexibility index (Phi) is 4.43. The Hall–Kier alpha value is -1.22. The number of anilines is 2. The van der Waals surface area contributed by atoms with Gasteiger partial charge in [-0.2, -0.15) is 0 Å². The quantitative estimate of drug-likeness (QED) is 0.572. The van der Waals surface area contributed by atoms with Crippen LogP contribution < -0.4 is 11.1 Å². The van der Waals surface area contributed by atoms with Crippen LogP contribution in [0.5, 0.6) is 0 Å². The third-order valence-electron chi connectivity index (χ3n) is 2.47. The Morgan fingerprint density at radius 3 is 2.73 bits per heavy atom. The molecule has 0 fully saturated rings. The van der Waals surface area contributed by atoms with Crippen molar-refractivity contribution in [1.82, 2.24) is 4.90 Å². The first-order valence-electron chi connectivity index (χ1n) is 5.35. The molecule has 0 spiro atoms. The predicted molar refractivity (Wildman–Crippen MR) is 67.3 cm³/mol. The first kappa shape index (κ1) is 11.9. The summed E-state index contributed by atoms with van der Waals surface area (Å²) >= 11 is 0. The first-order valence-corrected chi connectivity index (χ1v) is 5.35. The molecule has 0 aromatic heterocycles. The number of rotatable bonds is 5. The summed E-state index contributed by atoms with van der Waals surface area (Å²) in [5, 5.41) is 3.40. The van der Waals surface area contributed by atoms with E-state index >= 15 is 0 Å². The van der Waals surface area contributed by atoms with Crippen LogP contribution in [0.1, 0.15) is 12.0 Å². The topological polar surface area (TPSA) is 41.3 Å². The molecule has 3 heteroatoms. The number of nitrogens with one attached hydrogen (secondary N) is 1. The van der Waals surface area contributed by atoms with Gasteiger partial charge >= 0.3 is 0 Å². The molecule has 15 heavy (non-hydrogen) atoms. The molecule has 1 aromatic rings. The van der Waals surface area contributed by atoms with Gasteiger partial charge in [0.1, 0.15) is 0 Å². The van der Waals surface area contributed by atoms with Gasteiger partial charge < -0.3 is 16.0 Å². The minimum atomic E-state index is 0.854. The lowest BCUT2D eigenvalue weighted by Gasteiger charge is -2.13. The second-order valence-electron chi connectivity index (χ2n) is 4.10. The summed E-state index contributed by atoms with van der Waals surface area (Å²) in [6.45, 7) is 4.14. The van der Waals surface area contributed by atoms with E-state index in [1.807, 2.05) is 19.1 Å². The molecule has 3 N–H and O–H groups in total. The Morgan fingerprint density at radius 1 is 1.33 bits per heavy atom. The number of nitrogen functional groups attached to an aromatic ring is 1. The fourth-order valence-electron chi connectivity index (χ4n) is 1.46. The second kappa shape index (κ2) is 5.61. The van der Waals surface area contributed by atoms with Crippen LogP contribution in [0, 0.1) is 6.92 Å². The van der Waals surface area contributed by atoms with E-state index in [0.29, 0.717) is 0 Å². The lowest BCUT2D eigenvalue weighted by Crippen LogP contribution is -2.16. The molecule has 0 heterocycles. The highest BCUT2D eigenvalue weighted by molar-refractivity contribution is 5.62. The zero-order valence-corrected chi connectivity index (χ0v) is 9.88. The zero-order valence-electron chi connectivity index (χ0n) is 9.88. The van der Waals surface area contributed by atoms with E-state index in [2.05, 4.69) is 30.4 Å². The molecule has 0 atom stereocenters. The van der Waals surface area contributed by atoms with Crippen molar-refractivity contribution in [3.05, 3.63) is 23.8 Å². The zero-order chi connectivity index (χ0) is 11.3. The van der Waals surface area contributed by atoms with Gasteiger partial charge in [-0.1, -0.05) is 6.07 Å². The number of nitrogens with zero attached hydrogens (tertiary/aromatic N) is 1. The summed E-state index contributed by atoms with van der Waals surface area (Å²) in [4.78, 5) is 2.19. The Balaban J connectivity index is 2.41. The summed E-state index contributed by atoms with van der Waals surface area (Å²) in [5.41, 5.74) is 8.97. The molecule has 0 amide bonds. The molecular weight excluding hydrogens is 186 g/mol. The SMILES string of the molecule is Cc1c(N)cccc1NCCCN(C)C. The van der Waals surface area contributed by atoms with Crippen LogP contribution in [0.3, 0.4) is 0 Å². The van der Waals surface area contributed by atoms with Gasteiger partial charge in [0.25, 0.3) is 0 Å². The molecule has 0 aliphatic rings. The summed E-state index contributed by atoms with van der Waals surface area (Å²) in [7, 11) is 4.18. The highest BCUT2D eigenvalue weighted by Crippen LogP contribution is 2.20. The fraction of sp³-hybridized carbons (Fsp3) is 0.500. The van der Waals surface area contributed by atoms with Crippen molar-refractivity contribution in [3.8, 4) is 0 Å². The van der Waals surface area contributed by atoms with Crippen molar-refractivity contribution in [1.29, 1.82) is 0 Å². The largest absolute Gasteiger partial charge is 0.398 e. The van der Waals surface area contributed by atoms with E-state index in [-0.39, 0.29) is 0 Å². The van der Waals surface area contributed by atoms with E-state index in [9.17, 15) is 0 Å². The van der Waals surface area contributed by atoms with Crippen LogP contribution in [0.4, 0.5) is 11.4 Å². The van der Waals surface area contributed by atoms with E-state index in [4.69, 9.17) is 5.73 Å². The average Bonchev–Trinajstić information content (AvgIpc) is 2.18. The van der Waals surface area contributed by atoms with Crippen molar-refractivity contribution < 1.29 is 0 Å². The van der Waals surface area contributed by atoms with Gasteiger partial charge in [-0.25, -0.2) is 0 Å². The maximum absolute atomic E-state index is 5.82. The van der Waals surface area contributed by atoms with Gasteiger partial charge in [-0.3, -0.25) is 0 Å². The Labute approximate surface area is 92.3 Å². The van der Waals surface area contributed by atoms with E-state index in [1.165, 1.54) is 0 Å². The van der Waals surface area contributed by atoms with E-state index in [1.54, 1.807) is 0 Å². The number of benzene rings is 1. The smallest absolute Gasteiger partial charge is 0.0390 e.